The summed E-state index contributed by atoms with van der Waals surface area (Å²) in [6.45, 7) is 7.05. The molecule has 140 valence electrons. The van der Waals surface area contributed by atoms with Gasteiger partial charge in [-0.25, -0.2) is 0 Å². The lowest BCUT2D eigenvalue weighted by Gasteiger charge is -2.45. The van der Waals surface area contributed by atoms with Crippen molar-refractivity contribution in [1.82, 2.24) is 5.32 Å². The van der Waals surface area contributed by atoms with Crippen molar-refractivity contribution in [3.05, 3.63) is 11.6 Å². The largest absolute Gasteiger partial charge is 0.462 e. The Balaban J connectivity index is 1.34. The zero-order valence-corrected chi connectivity index (χ0v) is 15.6. The minimum absolute atomic E-state index is 0.0249. The molecule has 0 spiro atoms. The normalized spacial score (nSPS) is 42.9. The summed E-state index contributed by atoms with van der Waals surface area (Å²) >= 11 is 0. The third-order valence-electron chi connectivity index (χ3n) is 6.44. The number of fused-ring (bicyclic) bond motifs is 2. The summed E-state index contributed by atoms with van der Waals surface area (Å²) in [4.78, 5) is 12.7. The van der Waals surface area contributed by atoms with Crippen molar-refractivity contribution in [2.75, 3.05) is 6.79 Å². The summed E-state index contributed by atoms with van der Waals surface area (Å²) < 4.78 is 17.1. The third kappa shape index (κ3) is 3.64. The fourth-order valence-electron chi connectivity index (χ4n) is 5.27. The Hall–Kier alpha value is -0.910. The maximum absolute atomic E-state index is 12.7. The molecule has 1 saturated heterocycles. The van der Waals surface area contributed by atoms with Gasteiger partial charge < -0.3 is 19.5 Å². The summed E-state index contributed by atoms with van der Waals surface area (Å²) in [5, 5.41) is 3.74. The number of esters is 1. The van der Waals surface area contributed by atoms with Crippen molar-refractivity contribution in [1.29, 1.82) is 0 Å². The van der Waals surface area contributed by atoms with Gasteiger partial charge >= 0.3 is 5.97 Å². The van der Waals surface area contributed by atoms with E-state index in [1.807, 2.05) is 0 Å². The molecule has 0 aromatic rings. The topological polar surface area (TPSA) is 56.8 Å². The van der Waals surface area contributed by atoms with Crippen LogP contribution in [0.5, 0.6) is 0 Å². The number of nitrogens with one attached hydrogen (secondary N) is 1. The number of ether oxygens (including phenoxy) is 3. The fourth-order valence-corrected chi connectivity index (χ4v) is 5.27. The van der Waals surface area contributed by atoms with Gasteiger partial charge in [-0.3, -0.25) is 4.79 Å². The second kappa shape index (κ2) is 6.67. The third-order valence-corrected chi connectivity index (χ3v) is 6.44. The molecule has 4 aliphatic rings. The van der Waals surface area contributed by atoms with E-state index in [2.05, 4.69) is 32.2 Å². The number of carbonyl (C=O) groups excluding carboxylic acids is 1. The average Bonchev–Trinajstić information content (AvgIpc) is 3.02. The molecule has 2 heterocycles. The summed E-state index contributed by atoms with van der Waals surface area (Å²) in [5.74, 6) is 0.436. The highest BCUT2D eigenvalue weighted by atomic mass is 16.7. The molecule has 4 rings (SSSR count). The molecule has 0 aromatic carbocycles. The van der Waals surface area contributed by atoms with E-state index in [9.17, 15) is 4.79 Å². The SMILES string of the molecule is CC1=CC(C)(C)NC2CCC(OC(=O)C3CCC4OCOC4C3)CC12. The van der Waals surface area contributed by atoms with Crippen LogP contribution < -0.4 is 5.32 Å². The van der Waals surface area contributed by atoms with Gasteiger partial charge in [0.15, 0.2) is 0 Å². The summed E-state index contributed by atoms with van der Waals surface area (Å²) in [6, 6.07) is 0.509. The van der Waals surface area contributed by atoms with E-state index in [4.69, 9.17) is 14.2 Å². The van der Waals surface area contributed by atoms with E-state index in [1.54, 1.807) is 0 Å². The van der Waals surface area contributed by atoms with E-state index in [0.29, 0.717) is 18.8 Å². The van der Waals surface area contributed by atoms with Crippen molar-refractivity contribution < 1.29 is 19.0 Å². The van der Waals surface area contributed by atoms with Gasteiger partial charge in [0.25, 0.3) is 0 Å². The van der Waals surface area contributed by atoms with Crippen LogP contribution in [0.4, 0.5) is 0 Å². The Bertz CT molecular complexity index is 558. The second-order valence-corrected chi connectivity index (χ2v) is 8.88. The maximum Gasteiger partial charge on any atom is 0.309 e. The summed E-state index contributed by atoms with van der Waals surface area (Å²) in [5.41, 5.74) is 1.50. The van der Waals surface area contributed by atoms with Crippen LogP contribution in [0.2, 0.25) is 0 Å². The molecule has 2 aliphatic heterocycles. The van der Waals surface area contributed by atoms with Crippen molar-refractivity contribution in [3.63, 3.8) is 0 Å². The summed E-state index contributed by atoms with van der Waals surface area (Å²) in [6.07, 6.45) is 8.14. The molecule has 0 radical (unpaired) electrons. The molecule has 0 bridgehead atoms. The lowest BCUT2D eigenvalue weighted by Crippen LogP contribution is -2.54. The van der Waals surface area contributed by atoms with Gasteiger partial charge in [-0.1, -0.05) is 11.6 Å². The Kier molecular flexibility index (Phi) is 4.67. The van der Waals surface area contributed by atoms with E-state index in [-0.39, 0.29) is 35.7 Å². The lowest BCUT2D eigenvalue weighted by molar-refractivity contribution is -0.159. The molecule has 2 aliphatic carbocycles. The predicted octanol–water partition coefficient (Wildman–Crippen LogP) is 2.94. The zero-order chi connectivity index (χ0) is 17.6. The van der Waals surface area contributed by atoms with Crippen LogP contribution >= 0.6 is 0 Å². The Morgan fingerprint density at radius 1 is 1.16 bits per heavy atom. The highest BCUT2D eigenvalue weighted by molar-refractivity contribution is 5.72. The molecule has 5 heteroatoms. The van der Waals surface area contributed by atoms with Crippen LogP contribution in [-0.2, 0) is 19.0 Å². The first kappa shape index (κ1) is 17.5. The van der Waals surface area contributed by atoms with Gasteiger partial charge in [0.1, 0.15) is 12.9 Å². The van der Waals surface area contributed by atoms with Gasteiger partial charge in [0, 0.05) is 11.6 Å². The quantitative estimate of drug-likeness (QED) is 0.614. The minimum atomic E-state index is -0.0271. The standard InChI is InChI=1S/C20H31NO4/c1-12-10-20(2,3)21-16-6-5-14(9-15(12)16)25-19(22)13-4-7-17-18(8-13)24-11-23-17/h10,13-18,21H,4-9,11H2,1-3H3. The molecule has 25 heavy (non-hydrogen) atoms. The van der Waals surface area contributed by atoms with E-state index < -0.39 is 0 Å². The first-order valence-electron chi connectivity index (χ1n) is 9.82. The molecule has 1 N–H and O–H groups in total. The van der Waals surface area contributed by atoms with Crippen molar-refractivity contribution in [2.24, 2.45) is 11.8 Å². The number of carbonyl (C=O) groups is 1. The lowest BCUT2D eigenvalue weighted by atomic mass is 9.74. The molecule has 0 aromatic heterocycles. The van der Waals surface area contributed by atoms with Crippen LogP contribution in [0, 0.1) is 11.8 Å². The van der Waals surface area contributed by atoms with Crippen molar-refractivity contribution in [3.8, 4) is 0 Å². The molecule has 0 amide bonds. The second-order valence-electron chi connectivity index (χ2n) is 8.88. The number of hydrogen-bond donors (Lipinski definition) is 1. The number of rotatable bonds is 2. The fraction of sp³-hybridized carbons (Fsp3) is 0.850. The number of hydrogen-bond acceptors (Lipinski definition) is 5. The van der Waals surface area contributed by atoms with Gasteiger partial charge in [-0.15, -0.1) is 0 Å². The van der Waals surface area contributed by atoms with Gasteiger partial charge in [-0.2, -0.15) is 0 Å². The first-order valence-corrected chi connectivity index (χ1v) is 9.82. The zero-order valence-electron chi connectivity index (χ0n) is 15.6. The summed E-state index contributed by atoms with van der Waals surface area (Å²) in [7, 11) is 0. The maximum atomic E-state index is 12.7. The molecule has 6 atom stereocenters. The van der Waals surface area contributed by atoms with Gasteiger partial charge in [0.2, 0.25) is 0 Å². The van der Waals surface area contributed by atoms with Crippen LogP contribution in [0.3, 0.4) is 0 Å². The monoisotopic (exact) mass is 349 g/mol. The van der Waals surface area contributed by atoms with Crippen LogP contribution in [0.1, 0.15) is 59.3 Å². The molecule has 3 fully saturated rings. The van der Waals surface area contributed by atoms with Crippen LogP contribution in [0.15, 0.2) is 11.6 Å². The molecule has 6 unspecified atom stereocenters. The smallest absolute Gasteiger partial charge is 0.309 e. The van der Waals surface area contributed by atoms with Crippen LogP contribution in [-0.4, -0.2) is 42.7 Å². The van der Waals surface area contributed by atoms with Crippen molar-refractivity contribution in [2.45, 2.75) is 89.2 Å². The molecule has 2 saturated carbocycles. The minimum Gasteiger partial charge on any atom is -0.462 e. The average molecular weight is 349 g/mol. The molecular weight excluding hydrogens is 318 g/mol. The van der Waals surface area contributed by atoms with E-state index >= 15 is 0 Å². The van der Waals surface area contributed by atoms with Gasteiger partial charge in [-0.05, 0) is 65.2 Å². The first-order chi connectivity index (χ1) is 11.9. The van der Waals surface area contributed by atoms with E-state index in [1.165, 1.54) is 5.57 Å². The van der Waals surface area contributed by atoms with E-state index in [0.717, 1.165) is 38.5 Å². The highest BCUT2D eigenvalue weighted by Gasteiger charge is 2.42. The Morgan fingerprint density at radius 3 is 2.80 bits per heavy atom. The Labute approximate surface area is 150 Å². The van der Waals surface area contributed by atoms with Crippen LogP contribution in [0.25, 0.3) is 0 Å². The van der Waals surface area contributed by atoms with Crippen molar-refractivity contribution >= 4 is 5.97 Å². The van der Waals surface area contributed by atoms with Gasteiger partial charge in [0.05, 0.1) is 18.1 Å². The molecular formula is C20H31NO4. The highest BCUT2D eigenvalue weighted by Crippen LogP contribution is 2.38. The Morgan fingerprint density at radius 2 is 1.96 bits per heavy atom. The molecule has 5 nitrogen and oxygen atoms in total. The predicted molar refractivity (Wildman–Crippen MR) is 93.9 cm³/mol.